The third kappa shape index (κ3) is 8.37. The number of carbonyl (C=O) groups is 1. The van der Waals surface area contributed by atoms with Gasteiger partial charge in [-0.25, -0.2) is 0 Å². The molecule has 302 valence electrons. The number of hydrogen-bond donors (Lipinski definition) is 1. The molecule has 4 aliphatic heterocycles. The highest BCUT2D eigenvalue weighted by molar-refractivity contribution is 5.92. The van der Waals surface area contributed by atoms with Crippen LogP contribution in [0.5, 0.6) is 23.0 Å². The van der Waals surface area contributed by atoms with E-state index in [1.54, 1.807) is 28.4 Å². The molecule has 11 nitrogen and oxygen atoms in total. The lowest BCUT2D eigenvalue weighted by atomic mass is 9.72. The van der Waals surface area contributed by atoms with Gasteiger partial charge >= 0.3 is 0 Å². The molecule has 4 heterocycles. The molecule has 0 bridgehead atoms. The predicted molar refractivity (Wildman–Crippen MR) is 212 cm³/mol. The number of piperidine rings is 1. The highest BCUT2D eigenvalue weighted by Crippen LogP contribution is 2.49. The molecular formula is C45H58N2O9. The third-order valence-corrected chi connectivity index (χ3v) is 12.4. The Labute approximate surface area is 331 Å². The number of rotatable bonds is 15. The first-order chi connectivity index (χ1) is 27.4. The molecule has 4 aliphatic rings. The SMILES string of the molecule is CC[C@H]1CN2CCc3cc(OC)c(OC)cc3[C@@H]2C[C@@H]1C[C@@H]1c2cc(OC)c(OC)cc2CCN1C(=O)C1=C[C@@H](c2ccccc2)C[C@@H](OCCOCCO)O1. The first kappa shape index (κ1) is 39.9. The lowest BCUT2D eigenvalue weighted by Crippen LogP contribution is -2.48. The molecular weight excluding hydrogens is 713 g/mol. The predicted octanol–water partition coefficient (Wildman–Crippen LogP) is 6.62. The van der Waals surface area contributed by atoms with Crippen LogP contribution in [0.25, 0.3) is 0 Å². The summed E-state index contributed by atoms with van der Waals surface area (Å²) in [6.07, 6.45) is 6.42. The van der Waals surface area contributed by atoms with Gasteiger partial charge in [-0.05, 0) is 95.7 Å². The fourth-order valence-electron chi connectivity index (χ4n) is 9.46. The van der Waals surface area contributed by atoms with Gasteiger partial charge in [-0.2, -0.15) is 0 Å². The summed E-state index contributed by atoms with van der Waals surface area (Å²) in [6.45, 7) is 5.66. The maximum absolute atomic E-state index is 15.0. The number of amides is 1. The third-order valence-electron chi connectivity index (χ3n) is 12.4. The van der Waals surface area contributed by atoms with Crippen LogP contribution in [0.4, 0.5) is 0 Å². The molecule has 56 heavy (non-hydrogen) atoms. The average molecular weight is 771 g/mol. The number of carbonyl (C=O) groups excluding carboxylic acids is 1. The second-order valence-electron chi connectivity index (χ2n) is 15.3. The Morgan fingerprint density at radius 3 is 2.14 bits per heavy atom. The maximum atomic E-state index is 15.0. The number of allylic oxidation sites excluding steroid dienone is 1. The number of fused-ring (bicyclic) bond motifs is 4. The summed E-state index contributed by atoms with van der Waals surface area (Å²) in [5.74, 6) is 3.80. The Morgan fingerprint density at radius 1 is 0.804 bits per heavy atom. The summed E-state index contributed by atoms with van der Waals surface area (Å²) in [5, 5.41) is 9.13. The zero-order valence-electron chi connectivity index (χ0n) is 33.5. The van der Waals surface area contributed by atoms with Gasteiger partial charge in [0.25, 0.3) is 5.91 Å². The molecule has 0 unspecified atom stereocenters. The second kappa shape index (κ2) is 18.3. The van der Waals surface area contributed by atoms with E-state index in [0.29, 0.717) is 55.1 Å². The summed E-state index contributed by atoms with van der Waals surface area (Å²) in [6, 6.07) is 18.8. The van der Waals surface area contributed by atoms with Gasteiger partial charge in [0.15, 0.2) is 28.8 Å². The van der Waals surface area contributed by atoms with Gasteiger partial charge in [0.2, 0.25) is 6.29 Å². The molecule has 3 aromatic rings. The zero-order chi connectivity index (χ0) is 39.2. The van der Waals surface area contributed by atoms with E-state index < -0.39 is 6.29 Å². The molecule has 6 atom stereocenters. The van der Waals surface area contributed by atoms with Crippen molar-refractivity contribution in [1.29, 1.82) is 0 Å². The molecule has 1 amide bonds. The number of aliphatic hydroxyl groups is 1. The van der Waals surface area contributed by atoms with Crippen LogP contribution in [0.2, 0.25) is 0 Å². The Bertz CT molecular complexity index is 1830. The minimum absolute atomic E-state index is 0.0494. The van der Waals surface area contributed by atoms with Crippen molar-refractivity contribution in [3.8, 4) is 23.0 Å². The Hall–Kier alpha value is -4.29. The van der Waals surface area contributed by atoms with Crippen molar-refractivity contribution in [2.45, 2.75) is 69.7 Å². The van der Waals surface area contributed by atoms with E-state index in [0.717, 1.165) is 61.4 Å². The van der Waals surface area contributed by atoms with Gasteiger partial charge in [0.05, 0.1) is 60.9 Å². The van der Waals surface area contributed by atoms with E-state index in [1.165, 1.54) is 16.7 Å². The van der Waals surface area contributed by atoms with Crippen molar-refractivity contribution in [3.63, 3.8) is 0 Å². The molecule has 0 saturated carbocycles. The number of ether oxygens (including phenoxy) is 7. The summed E-state index contributed by atoms with van der Waals surface area (Å²) in [4.78, 5) is 19.7. The molecule has 0 spiro atoms. The van der Waals surface area contributed by atoms with Crippen LogP contribution in [-0.4, -0.2) is 102 Å². The van der Waals surface area contributed by atoms with Gasteiger partial charge in [-0.1, -0.05) is 43.7 Å². The normalized spacial score (nSPS) is 24.5. The summed E-state index contributed by atoms with van der Waals surface area (Å²) >= 11 is 0. The smallest absolute Gasteiger partial charge is 0.289 e. The van der Waals surface area contributed by atoms with Gasteiger partial charge in [0.1, 0.15) is 0 Å². The minimum Gasteiger partial charge on any atom is -0.493 e. The van der Waals surface area contributed by atoms with Crippen molar-refractivity contribution in [1.82, 2.24) is 9.80 Å². The molecule has 0 radical (unpaired) electrons. The largest absolute Gasteiger partial charge is 0.493 e. The van der Waals surface area contributed by atoms with Crippen molar-refractivity contribution in [2.75, 3.05) is 74.5 Å². The highest BCUT2D eigenvalue weighted by atomic mass is 16.7. The maximum Gasteiger partial charge on any atom is 0.289 e. The van der Waals surface area contributed by atoms with E-state index in [9.17, 15) is 0 Å². The van der Waals surface area contributed by atoms with Gasteiger partial charge in [-0.15, -0.1) is 0 Å². The van der Waals surface area contributed by atoms with Crippen molar-refractivity contribution in [3.05, 3.63) is 94.2 Å². The molecule has 1 saturated heterocycles. The van der Waals surface area contributed by atoms with E-state index in [1.807, 2.05) is 29.2 Å². The number of hydrogen-bond acceptors (Lipinski definition) is 10. The molecule has 11 heteroatoms. The molecule has 0 aromatic heterocycles. The van der Waals surface area contributed by atoms with Crippen LogP contribution in [0.15, 0.2) is 66.4 Å². The molecule has 7 rings (SSSR count). The van der Waals surface area contributed by atoms with Crippen LogP contribution in [0.3, 0.4) is 0 Å². The van der Waals surface area contributed by atoms with Crippen LogP contribution in [-0.2, 0) is 31.8 Å². The Balaban J connectivity index is 1.22. The summed E-state index contributed by atoms with van der Waals surface area (Å²) < 4.78 is 41.1. The van der Waals surface area contributed by atoms with Gasteiger partial charge in [0, 0.05) is 38.0 Å². The fourth-order valence-corrected chi connectivity index (χ4v) is 9.46. The average Bonchev–Trinajstić information content (AvgIpc) is 3.24. The second-order valence-corrected chi connectivity index (χ2v) is 15.3. The van der Waals surface area contributed by atoms with E-state index in [4.69, 9.17) is 38.3 Å². The van der Waals surface area contributed by atoms with Crippen molar-refractivity contribution < 1.29 is 43.1 Å². The first-order valence-corrected chi connectivity index (χ1v) is 20.2. The highest BCUT2D eigenvalue weighted by Gasteiger charge is 2.43. The monoisotopic (exact) mass is 770 g/mol. The van der Waals surface area contributed by atoms with Crippen LogP contribution < -0.4 is 18.9 Å². The van der Waals surface area contributed by atoms with Crippen molar-refractivity contribution >= 4 is 5.91 Å². The van der Waals surface area contributed by atoms with Gasteiger partial charge < -0.3 is 43.2 Å². The molecule has 1 fully saturated rings. The van der Waals surface area contributed by atoms with Crippen molar-refractivity contribution in [2.24, 2.45) is 11.8 Å². The molecule has 0 aliphatic carbocycles. The number of aliphatic hydroxyl groups excluding tert-OH is 1. The lowest BCUT2D eigenvalue weighted by molar-refractivity contribution is -0.158. The fraction of sp³-hybridized carbons (Fsp3) is 0.533. The lowest BCUT2D eigenvalue weighted by Gasteiger charge is -2.49. The van der Waals surface area contributed by atoms with E-state index in [2.05, 4.69) is 48.2 Å². The van der Waals surface area contributed by atoms with E-state index in [-0.39, 0.29) is 43.7 Å². The number of methoxy groups -OCH3 is 4. The number of benzene rings is 3. The standard InChI is InChI=1S/C45H58N2O9/c1-6-29-28-46-14-12-31-22-39(50-2)41(52-4)26-35(31)37(46)20-33(29)21-38-36-27-42(53-5)40(51-3)23-32(36)13-15-47(38)45(49)43-24-34(30-10-8-7-9-11-30)25-44(56-43)55-19-18-54-17-16-48/h7-11,22-24,26-27,29,33-34,37-38,44,48H,6,12-21,25,28H2,1-5H3/t29-,33+,34+,37-,38+,44-/m0/s1. The van der Waals surface area contributed by atoms with Crippen LogP contribution in [0.1, 0.15) is 78.4 Å². The van der Waals surface area contributed by atoms with E-state index >= 15 is 4.79 Å². The first-order valence-electron chi connectivity index (χ1n) is 20.2. The minimum atomic E-state index is -0.627. The number of nitrogens with zero attached hydrogens (tertiary/aromatic N) is 2. The van der Waals surface area contributed by atoms with Crippen LogP contribution in [0, 0.1) is 11.8 Å². The Morgan fingerprint density at radius 2 is 1.46 bits per heavy atom. The topological polar surface area (TPSA) is 108 Å². The molecule has 3 aromatic carbocycles. The summed E-state index contributed by atoms with van der Waals surface area (Å²) in [7, 11) is 6.73. The van der Waals surface area contributed by atoms with Gasteiger partial charge in [-0.3, -0.25) is 9.69 Å². The molecule has 1 N–H and O–H groups in total. The summed E-state index contributed by atoms with van der Waals surface area (Å²) in [5.41, 5.74) is 6.01. The Kier molecular flexibility index (Phi) is 13.1. The zero-order valence-corrected chi connectivity index (χ0v) is 33.5. The quantitative estimate of drug-likeness (QED) is 0.170. The van der Waals surface area contributed by atoms with Crippen LogP contribution >= 0.6 is 0 Å².